The number of nitrogens with one attached hydrogen (secondary N) is 1. The fraction of sp³-hybridized carbons (Fsp3) is 0.500. The van der Waals surface area contributed by atoms with E-state index in [0.29, 0.717) is 6.54 Å². The van der Waals surface area contributed by atoms with E-state index in [4.69, 9.17) is 5.73 Å². The van der Waals surface area contributed by atoms with Gasteiger partial charge in [0.1, 0.15) is 10.6 Å². The van der Waals surface area contributed by atoms with Gasteiger partial charge in [0, 0.05) is 6.54 Å². The number of phenolic OH excluding ortho intramolecular Hbond substituents is 1. The summed E-state index contributed by atoms with van der Waals surface area (Å²) in [6, 6.07) is 4.19. The van der Waals surface area contributed by atoms with Crippen molar-refractivity contribution in [3.05, 3.63) is 18.2 Å². The minimum absolute atomic E-state index is 0.0713. The largest absolute Gasteiger partial charge is 0.506 e. The highest BCUT2D eigenvalue weighted by atomic mass is 32.2. The second-order valence-corrected chi connectivity index (χ2v) is 5.88. The molecule has 0 bridgehead atoms. The second-order valence-electron chi connectivity index (χ2n) is 4.15. The summed E-state index contributed by atoms with van der Waals surface area (Å²) in [5.74, 6) is -0.219. The molecule has 5 nitrogen and oxygen atoms in total. The van der Waals surface area contributed by atoms with Gasteiger partial charge in [-0.3, -0.25) is 0 Å². The van der Waals surface area contributed by atoms with E-state index in [9.17, 15) is 13.5 Å². The third-order valence-corrected chi connectivity index (χ3v) is 4.17. The Balaban J connectivity index is 2.66. The number of nitrogen functional groups attached to an aromatic ring is 1. The molecule has 6 heteroatoms. The molecule has 0 saturated carbocycles. The van der Waals surface area contributed by atoms with Crippen LogP contribution < -0.4 is 10.5 Å². The highest BCUT2D eigenvalue weighted by molar-refractivity contribution is 7.89. The van der Waals surface area contributed by atoms with Crippen molar-refractivity contribution in [1.29, 1.82) is 0 Å². The maximum absolute atomic E-state index is 11.9. The van der Waals surface area contributed by atoms with Crippen molar-refractivity contribution >= 4 is 15.7 Å². The summed E-state index contributed by atoms with van der Waals surface area (Å²) < 4.78 is 26.4. The minimum atomic E-state index is -3.64. The number of rotatable bonds is 7. The zero-order valence-electron chi connectivity index (χ0n) is 10.5. The van der Waals surface area contributed by atoms with E-state index < -0.39 is 10.0 Å². The standard InChI is InChI=1S/C12H20N2O3S/c1-2-3-4-5-9-14-18(16,17)11-8-6-7-10(15)12(11)13/h6-8,14-15H,2-5,9,13H2,1H3. The van der Waals surface area contributed by atoms with Crippen molar-refractivity contribution in [2.24, 2.45) is 0 Å². The SMILES string of the molecule is CCCCCCNS(=O)(=O)c1cccc(O)c1N. The monoisotopic (exact) mass is 272 g/mol. The molecule has 1 aromatic rings. The molecule has 0 fully saturated rings. The van der Waals surface area contributed by atoms with Crippen molar-refractivity contribution < 1.29 is 13.5 Å². The second kappa shape index (κ2) is 6.61. The third-order valence-electron chi connectivity index (χ3n) is 2.66. The fourth-order valence-electron chi connectivity index (χ4n) is 1.60. The molecule has 1 aromatic carbocycles. The van der Waals surface area contributed by atoms with Gasteiger partial charge in [0.05, 0.1) is 5.69 Å². The van der Waals surface area contributed by atoms with Gasteiger partial charge in [-0.05, 0) is 18.6 Å². The number of phenols is 1. The molecule has 102 valence electrons. The molecule has 4 N–H and O–H groups in total. The molecular formula is C12H20N2O3S. The van der Waals surface area contributed by atoms with Gasteiger partial charge in [0.25, 0.3) is 0 Å². The van der Waals surface area contributed by atoms with E-state index >= 15 is 0 Å². The number of hydrogen-bond acceptors (Lipinski definition) is 4. The predicted octanol–water partition coefficient (Wildman–Crippen LogP) is 1.83. The molecule has 0 aliphatic heterocycles. The topological polar surface area (TPSA) is 92.4 Å². The number of aromatic hydroxyl groups is 1. The Labute approximate surface area is 108 Å². The summed E-state index contributed by atoms with van der Waals surface area (Å²) >= 11 is 0. The van der Waals surface area contributed by atoms with Crippen LogP contribution in [0.15, 0.2) is 23.1 Å². The van der Waals surface area contributed by atoms with E-state index in [1.165, 1.54) is 18.2 Å². The molecule has 0 amide bonds. The van der Waals surface area contributed by atoms with Crippen LogP contribution in [0.4, 0.5) is 5.69 Å². The normalized spacial score (nSPS) is 11.6. The maximum Gasteiger partial charge on any atom is 0.242 e. The number of anilines is 1. The summed E-state index contributed by atoms with van der Waals surface area (Å²) in [7, 11) is -3.64. The first kappa shape index (κ1) is 14.8. The van der Waals surface area contributed by atoms with Crippen LogP contribution in [-0.4, -0.2) is 20.1 Å². The molecular weight excluding hydrogens is 252 g/mol. The minimum Gasteiger partial charge on any atom is -0.506 e. The van der Waals surface area contributed by atoms with Crippen LogP contribution in [0.25, 0.3) is 0 Å². The van der Waals surface area contributed by atoms with Crippen LogP contribution in [0.5, 0.6) is 5.75 Å². The number of sulfonamides is 1. The Morgan fingerprint density at radius 3 is 2.67 bits per heavy atom. The molecule has 18 heavy (non-hydrogen) atoms. The van der Waals surface area contributed by atoms with Crippen molar-refractivity contribution in [3.63, 3.8) is 0 Å². The first-order valence-corrected chi connectivity index (χ1v) is 7.54. The van der Waals surface area contributed by atoms with Gasteiger partial charge in [-0.2, -0.15) is 0 Å². The van der Waals surface area contributed by atoms with Gasteiger partial charge in [0.2, 0.25) is 10.0 Å². The zero-order valence-corrected chi connectivity index (χ0v) is 11.3. The van der Waals surface area contributed by atoms with Crippen molar-refractivity contribution in [2.75, 3.05) is 12.3 Å². The van der Waals surface area contributed by atoms with Gasteiger partial charge >= 0.3 is 0 Å². The van der Waals surface area contributed by atoms with Crippen LogP contribution >= 0.6 is 0 Å². The fourth-order valence-corrected chi connectivity index (χ4v) is 2.82. The van der Waals surface area contributed by atoms with E-state index in [0.717, 1.165) is 25.7 Å². The zero-order chi connectivity index (χ0) is 13.6. The lowest BCUT2D eigenvalue weighted by Crippen LogP contribution is -2.25. The highest BCUT2D eigenvalue weighted by Crippen LogP contribution is 2.26. The Morgan fingerprint density at radius 2 is 2.00 bits per heavy atom. The summed E-state index contributed by atoms with van der Waals surface area (Å²) in [6.45, 7) is 2.48. The van der Waals surface area contributed by atoms with Crippen molar-refractivity contribution in [3.8, 4) is 5.75 Å². The Hall–Kier alpha value is -1.27. The van der Waals surface area contributed by atoms with Crippen LogP contribution in [0.2, 0.25) is 0 Å². The Morgan fingerprint density at radius 1 is 1.28 bits per heavy atom. The van der Waals surface area contributed by atoms with Gasteiger partial charge < -0.3 is 10.8 Å². The van der Waals surface area contributed by atoms with Crippen LogP contribution in [0, 0.1) is 0 Å². The summed E-state index contributed by atoms with van der Waals surface area (Å²) in [5.41, 5.74) is 5.44. The lowest BCUT2D eigenvalue weighted by molar-refractivity contribution is 0.476. The van der Waals surface area contributed by atoms with Gasteiger partial charge in [-0.1, -0.05) is 32.3 Å². The smallest absolute Gasteiger partial charge is 0.242 e. The molecule has 0 aromatic heterocycles. The average molecular weight is 272 g/mol. The van der Waals surface area contributed by atoms with E-state index in [1.807, 2.05) is 0 Å². The van der Waals surface area contributed by atoms with E-state index in [2.05, 4.69) is 11.6 Å². The first-order valence-electron chi connectivity index (χ1n) is 6.06. The molecule has 0 spiro atoms. The molecule has 1 rings (SSSR count). The summed E-state index contributed by atoms with van der Waals surface area (Å²) in [6.07, 6.45) is 3.99. The molecule has 0 aliphatic rings. The van der Waals surface area contributed by atoms with Crippen molar-refractivity contribution in [1.82, 2.24) is 4.72 Å². The molecule has 0 atom stereocenters. The number of para-hydroxylation sites is 1. The number of benzene rings is 1. The van der Waals surface area contributed by atoms with E-state index in [-0.39, 0.29) is 16.3 Å². The van der Waals surface area contributed by atoms with Crippen LogP contribution in [0.1, 0.15) is 32.6 Å². The number of unbranched alkanes of at least 4 members (excludes halogenated alkanes) is 3. The third kappa shape index (κ3) is 3.89. The first-order chi connectivity index (χ1) is 8.49. The predicted molar refractivity (Wildman–Crippen MR) is 71.8 cm³/mol. The summed E-state index contributed by atoms with van der Waals surface area (Å²) in [4.78, 5) is -0.0713. The van der Waals surface area contributed by atoms with Gasteiger partial charge in [0.15, 0.2) is 0 Å². The molecule has 0 unspecified atom stereocenters. The molecule has 0 heterocycles. The Bertz CT molecular complexity index is 486. The summed E-state index contributed by atoms with van der Waals surface area (Å²) in [5, 5.41) is 9.39. The van der Waals surface area contributed by atoms with E-state index in [1.54, 1.807) is 0 Å². The number of hydrogen-bond donors (Lipinski definition) is 3. The van der Waals surface area contributed by atoms with Crippen LogP contribution in [0.3, 0.4) is 0 Å². The lowest BCUT2D eigenvalue weighted by atomic mass is 10.2. The molecule has 0 saturated heterocycles. The van der Waals surface area contributed by atoms with Gasteiger partial charge in [-0.25, -0.2) is 13.1 Å². The quantitative estimate of drug-likeness (QED) is 0.401. The lowest BCUT2D eigenvalue weighted by Gasteiger charge is -2.09. The Kier molecular flexibility index (Phi) is 5.43. The highest BCUT2D eigenvalue weighted by Gasteiger charge is 2.18. The number of nitrogens with two attached hydrogens (primary N) is 1. The van der Waals surface area contributed by atoms with Crippen LogP contribution in [-0.2, 0) is 10.0 Å². The molecule has 0 radical (unpaired) electrons. The van der Waals surface area contributed by atoms with Gasteiger partial charge in [-0.15, -0.1) is 0 Å². The molecule has 0 aliphatic carbocycles. The van der Waals surface area contributed by atoms with Crippen molar-refractivity contribution in [2.45, 2.75) is 37.5 Å². The average Bonchev–Trinajstić information content (AvgIpc) is 2.32. The maximum atomic E-state index is 11.9.